The van der Waals surface area contributed by atoms with Gasteiger partial charge in [-0.05, 0) is 0 Å². The van der Waals surface area contributed by atoms with Crippen LogP contribution >= 0.6 is 0 Å². The maximum atomic E-state index is 7.40. The molecule has 1 saturated heterocycles. The third kappa shape index (κ3) is 0.675. The van der Waals surface area contributed by atoms with Crippen molar-refractivity contribution in [2.75, 3.05) is 6.52 Å². The van der Waals surface area contributed by atoms with Crippen LogP contribution in [0.1, 0.15) is 1.37 Å². The van der Waals surface area contributed by atoms with E-state index in [0.717, 1.165) is 5.70 Å². The monoisotopic (exact) mass is 125 g/mol. The van der Waals surface area contributed by atoms with Crippen LogP contribution in [0, 0.1) is 0 Å². The van der Waals surface area contributed by atoms with Crippen LogP contribution in [0.5, 0.6) is 0 Å². The lowest BCUT2D eigenvalue weighted by Gasteiger charge is -2.08. The Morgan fingerprint density at radius 3 is 3.78 bits per heavy atom. The van der Waals surface area contributed by atoms with Crippen LogP contribution in [0.4, 0.5) is 0 Å². The van der Waals surface area contributed by atoms with Crippen LogP contribution in [-0.4, -0.2) is 18.9 Å². The number of hydrogen-bond donors (Lipinski definition) is 3. The van der Waals surface area contributed by atoms with E-state index in [9.17, 15) is 0 Å². The summed E-state index contributed by atoms with van der Waals surface area (Å²) in [6.07, 6.45) is 3.41. The normalized spacial score (nSPS) is 40.0. The third-order valence-corrected chi connectivity index (χ3v) is 1.32. The second kappa shape index (κ2) is 1.73. The van der Waals surface area contributed by atoms with Crippen molar-refractivity contribution in [1.29, 1.82) is 0 Å². The lowest BCUT2D eigenvalue weighted by molar-refractivity contribution is 0.711. The largest absolute Gasteiger partial charge is 0.351 e. The van der Waals surface area contributed by atoms with Gasteiger partial charge in [-0.2, -0.15) is 0 Å². The lowest BCUT2D eigenvalue weighted by atomic mass is 10.2. The average molecular weight is 125 g/mol. The van der Waals surface area contributed by atoms with E-state index < -0.39 is 0 Å². The van der Waals surface area contributed by atoms with Gasteiger partial charge in [0.2, 0.25) is 0 Å². The Morgan fingerprint density at radius 1 is 1.89 bits per heavy atom. The quantitative estimate of drug-likeness (QED) is 0.386. The summed E-state index contributed by atoms with van der Waals surface area (Å²) in [6, 6.07) is -0.0544. The summed E-state index contributed by atoms with van der Waals surface area (Å²) >= 11 is 0. The minimum Gasteiger partial charge on any atom is -0.351 e. The molecule has 0 amide bonds. The third-order valence-electron chi connectivity index (χ3n) is 1.32. The van der Waals surface area contributed by atoms with E-state index in [-0.39, 0.29) is 12.6 Å². The first kappa shape index (κ1) is 3.90. The molecule has 2 aliphatic heterocycles. The predicted molar refractivity (Wildman–Crippen MR) is 34.6 cm³/mol. The van der Waals surface area contributed by atoms with Crippen molar-refractivity contribution >= 4 is 6.34 Å². The number of hydrogen-bond acceptors (Lipinski definition) is 4. The Labute approximate surface area is 54.4 Å². The molecule has 48 valence electrons. The molecule has 2 atom stereocenters. The number of nitrogens with zero attached hydrogens (tertiary/aromatic N) is 1. The topological polar surface area (TPSA) is 48.4 Å². The lowest BCUT2D eigenvalue weighted by Crippen LogP contribution is -2.22. The summed E-state index contributed by atoms with van der Waals surface area (Å²) in [4.78, 5) is 4.06. The van der Waals surface area contributed by atoms with Crippen LogP contribution in [0.3, 0.4) is 0 Å². The van der Waals surface area contributed by atoms with Crippen molar-refractivity contribution in [2.24, 2.45) is 4.99 Å². The standard InChI is InChI=1S/C5H8N4/c1-5-4(2-8-9-5)7-3-6-1/h1,3-4,8-9H,2H2,(H,6,7)/i2D. The molecule has 4 heteroatoms. The van der Waals surface area contributed by atoms with Gasteiger partial charge in [-0.1, -0.05) is 0 Å². The summed E-state index contributed by atoms with van der Waals surface area (Å²) in [5, 5.41) is 2.84. The molecule has 0 radical (unpaired) electrons. The fourth-order valence-corrected chi connectivity index (χ4v) is 0.863. The second-order valence-electron chi connectivity index (χ2n) is 1.93. The van der Waals surface area contributed by atoms with Gasteiger partial charge in [0.15, 0.2) is 0 Å². The molecule has 2 heterocycles. The zero-order valence-corrected chi connectivity index (χ0v) is 4.76. The molecule has 9 heavy (non-hydrogen) atoms. The van der Waals surface area contributed by atoms with Gasteiger partial charge in [0, 0.05) is 14.1 Å². The van der Waals surface area contributed by atoms with Crippen molar-refractivity contribution in [3.63, 3.8) is 0 Å². The highest BCUT2D eigenvalue weighted by atomic mass is 15.4. The first-order valence-electron chi connectivity index (χ1n) is 3.37. The molecule has 0 aliphatic carbocycles. The number of hydrazine groups is 1. The van der Waals surface area contributed by atoms with E-state index in [1.807, 2.05) is 0 Å². The molecular weight excluding hydrogens is 116 g/mol. The van der Waals surface area contributed by atoms with E-state index in [1.165, 1.54) is 0 Å². The summed E-state index contributed by atoms with van der Waals surface area (Å²) in [5.41, 5.74) is 6.54. The number of nitrogens with one attached hydrogen (secondary N) is 3. The predicted octanol–water partition coefficient (Wildman–Crippen LogP) is -1.06. The molecular formula is C5H8N4. The molecule has 2 unspecified atom stereocenters. The smallest absolute Gasteiger partial charge is 0.108 e. The highest BCUT2D eigenvalue weighted by Gasteiger charge is 2.19. The van der Waals surface area contributed by atoms with Crippen molar-refractivity contribution < 1.29 is 1.37 Å². The first-order valence-corrected chi connectivity index (χ1v) is 2.79. The summed E-state index contributed by atoms with van der Waals surface area (Å²) in [7, 11) is 0. The maximum Gasteiger partial charge on any atom is 0.108 e. The van der Waals surface area contributed by atoms with Gasteiger partial charge in [0.05, 0.1) is 12.0 Å². The molecule has 3 N–H and O–H groups in total. The molecule has 0 aromatic rings. The van der Waals surface area contributed by atoms with Gasteiger partial charge in [0.1, 0.15) is 6.04 Å². The SMILES string of the molecule is [2H]C1NNC2=CNC=NC21. The van der Waals surface area contributed by atoms with Crippen LogP contribution in [0.15, 0.2) is 16.9 Å². The average Bonchev–Trinajstić information content (AvgIpc) is 2.34. The minimum absolute atomic E-state index is 0.0544. The van der Waals surface area contributed by atoms with Gasteiger partial charge in [0.25, 0.3) is 0 Å². The van der Waals surface area contributed by atoms with Crippen molar-refractivity contribution in [3.8, 4) is 0 Å². The van der Waals surface area contributed by atoms with Gasteiger partial charge in [-0.15, -0.1) is 0 Å². The van der Waals surface area contributed by atoms with Crippen LogP contribution < -0.4 is 16.2 Å². The zero-order valence-electron chi connectivity index (χ0n) is 5.76. The van der Waals surface area contributed by atoms with Crippen molar-refractivity contribution in [2.45, 2.75) is 6.04 Å². The zero-order chi connectivity index (χ0) is 6.97. The van der Waals surface area contributed by atoms with E-state index in [4.69, 9.17) is 1.37 Å². The van der Waals surface area contributed by atoms with E-state index in [0.29, 0.717) is 0 Å². The number of rotatable bonds is 0. The number of fused-ring (bicyclic) bond motifs is 1. The fourth-order valence-electron chi connectivity index (χ4n) is 0.863. The highest BCUT2D eigenvalue weighted by molar-refractivity contribution is 5.59. The summed E-state index contributed by atoms with van der Waals surface area (Å²) in [6.45, 7) is -0.357. The van der Waals surface area contributed by atoms with Gasteiger partial charge >= 0.3 is 0 Å². The minimum atomic E-state index is -0.357. The summed E-state index contributed by atoms with van der Waals surface area (Å²) < 4.78 is 7.40. The summed E-state index contributed by atoms with van der Waals surface area (Å²) in [5.74, 6) is 0. The Hall–Kier alpha value is -1.03. The Morgan fingerprint density at radius 2 is 2.89 bits per heavy atom. The van der Waals surface area contributed by atoms with Crippen molar-refractivity contribution in [1.82, 2.24) is 16.2 Å². The number of aliphatic imine (C=N–C) groups is 1. The molecule has 0 saturated carbocycles. The first-order chi connectivity index (χ1) is 4.88. The molecule has 4 nitrogen and oxygen atoms in total. The molecule has 2 rings (SSSR count). The van der Waals surface area contributed by atoms with Crippen LogP contribution in [0.25, 0.3) is 0 Å². The molecule has 1 fully saturated rings. The highest BCUT2D eigenvalue weighted by Crippen LogP contribution is 2.06. The van der Waals surface area contributed by atoms with E-state index >= 15 is 0 Å². The van der Waals surface area contributed by atoms with Crippen LogP contribution in [0.2, 0.25) is 0 Å². The van der Waals surface area contributed by atoms with E-state index in [1.54, 1.807) is 12.5 Å². The molecule has 2 aliphatic rings. The Balaban J connectivity index is 2.23. The van der Waals surface area contributed by atoms with Gasteiger partial charge in [-0.3, -0.25) is 4.99 Å². The molecule has 0 aromatic carbocycles. The van der Waals surface area contributed by atoms with Crippen molar-refractivity contribution in [3.05, 3.63) is 11.9 Å². The molecule has 0 spiro atoms. The van der Waals surface area contributed by atoms with Crippen LogP contribution in [-0.2, 0) is 0 Å². The fraction of sp³-hybridized carbons (Fsp3) is 0.400. The second-order valence-corrected chi connectivity index (χ2v) is 1.93. The molecule has 0 aromatic heterocycles. The Bertz CT molecular complexity index is 200. The van der Waals surface area contributed by atoms with E-state index in [2.05, 4.69) is 21.2 Å². The molecule has 0 bridgehead atoms. The maximum absolute atomic E-state index is 7.40. The van der Waals surface area contributed by atoms with Gasteiger partial charge < -0.3 is 10.7 Å². The Kier molecular flexibility index (Phi) is 0.750. The van der Waals surface area contributed by atoms with Gasteiger partial charge in [-0.25, -0.2) is 5.43 Å².